The zero-order chi connectivity index (χ0) is 13.2. The third-order valence-corrected chi connectivity index (χ3v) is 6.28. The van der Waals surface area contributed by atoms with Crippen LogP contribution >= 0.6 is 11.3 Å². The highest BCUT2D eigenvalue weighted by Crippen LogP contribution is 2.30. The highest BCUT2D eigenvalue weighted by atomic mass is 32.2. The molecule has 1 fully saturated rings. The summed E-state index contributed by atoms with van der Waals surface area (Å²) in [4.78, 5) is 3.96. The molecule has 0 bridgehead atoms. The van der Waals surface area contributed by atoms with Crippen molar-refractivity contribution >= 4 is 21.4 Å². The lowest BCUT2D eigenvalue weighted by atomic mass is 9.83. The molecule has 1 aromatic rings. The molecule has 0 atom stereocenters. The summed E-state index contributed by atoms with van der Waals surface area (Å²) in [5.41, 5.74) is -0.686. The lowest BCUT2D eigenvalue weighted by Gasteiger charge is -2.35. The average Bonchev–Trinajstić information content (AvgIpc) is 2.77. The van der Waals surface area contributed by atoms with Crippen molar-refractivity contribution in [3.63, 3.8) is 0 Å². The molecule has 2 N–H and O–H groups in total. The van der Waals surface area contributed by atoms with E-state index in [1.165, 1.54) is 6.20 Å². The molecular formula is C11H18N2O3S2. The first-order valence-corrected chi connectivity index (χ1v) is 8.35. The van der Waals surface area contributed by atoms with Crippen LogP contribution in [0.3, 0.4) is 0 Å². The van der Waals surface area contributed by atoms with E-state index in [0.717, 1.165) is 35.6 Å². The predicted octanol–water partition coefficient (Wildman–Crippen LogP) is 1.43. The Labute approximate surface area is 111 Å². The van der Waals surface area contributed by atoms with Crippen molar-refractivity contribution in [2.24, 2.45) is 0 Å². The Bertz CT molecular complexity index is 504. The number of thiazole rings is 1. The van der Waals surface area contributed by atoms with Crippen molar-refractivity contribution in [2.45, 2.75) is 48.8 Å². The highest BCUT2D eigenvalue weighted by Gasteiger charge is 2.36. The highest BCUT2D eigenvalue weighted by molar-refractivity contribution is 7.91. The number of aliphatic hydroxyl groups excluding tert-OH is 1. The standard InChI is InChI=1S/C11H18N2O3S2/c1-9-12-7-10(17-9)18(15,16)13-11(8-14)5-3-2-4-6-11/h7,13-14H,2-6,8H2,1H3. The molecule has 1 saturated carbocycles. The van der Waals surface area contributed by atoms with Crippen LogP contribution in [0.1, 0.15) is 37.1 Å². The third-order valence-electron chi connectivity index (χ3n) is 3.33. The van der Waals surface area contributed by atoms with Gasteiger partial charge >= 0.3 is 0 Å². The molecule has 0 aromatic carbocycles. The zero-order valence-electron chi connectivity index (χ0n) is 10.3. The quantitative estimate of drug-likeness (QED) is 0.879. The number of sulfonamides is 1. The van der Waals surface area contributed by atoms with Gasteiger partial charge in [0.2, 0.25) is 0 Å². The molecule has 7 heteroatoms. The fourth-order valence-corrected chi connectivity index (χ4v) is 4.88. The minimum absolute atomic E-state index is 0.149. The summed E-state index contributed by atoms with van der Waals surface area (Å²) in [6.45, 7) is 1.62. The molecule has 102 valence electrons. The Morgan fingerprint density at radius 2 is 2.11 bits per heavy atom. The van der Waals surface area contributed by atoms with Crippen molar-refractivity contribution in [1.29, 1.82) is 0 Å². The van der Waals surface area contributed by atoms with Crippen molar-refractivity contribution in [3.8, 4) is 0 Å². The molecule has 0 amide bonds. The van der Waals surface area contributed by atoms with Crippen molar-refractivity contribution in [1.82, 2.24) is 9.71 Å². The monoisotopic (exact) mass is 290 g/mol. The van der Waals surface area contributed by atoms with E-state index >= 15 is 0 Å². The first-order valence-electron chi connectivity index (χ1n) is 6.05. The molecule has 5 nitrogen and oxygen atoms in total. The number of aryl methyl sites for hydroxylation is 1. The molecule has 2 rings (SSSR count). The van der Waals surface area contributed by atoms with Gasteiger partial charge in [-0.2, -0.15) is 0 Å². The minimum atomic E-state index is -3.56. The minimum Gasteiger partial charge on any atom is -0.394 e. The van der Waals surface area contributed by atoms with E-state index in [4.69, 9.17) is 0 Å². The topological polar surface area (TPSA) is 79.3 Å². The largest absolute Gasteiger partial charge is 0.394 e. The maximum Gasteiger partial charge on any atom is 0.252 e. The van der Waals surface area contributed by atoms with E-state index in [-0.39, 0.29) is 10.8 Å². The SMILES string of the molecule is Cc1ncc(S(=O)(=O)NC2(CO)CCCCC2)s1. The van der Waals surface area contributed by atoms with E-state index in [1.807, 2.05) is 0 Å². The molecule has 1 aliphatic rings. The van der Waals surface area contributed by atoms with Gasteiger partial charge in [0.15, 0.2) is 4.21 Å². The third kappa shape index (κ3) is 2.90. The van der Waals surface area contributed by atoms with Crippen LogP contribution < -0.4 is 4.72 Å². The van der Waals surface area contributed by atoms with Gasteiger partial charge in [-0.25, -0.2) is 18.1 Å². The van der Waals surface area contributed by atoms with E-state index in [2.05, 4.69) is 9.71 Å². The van der Waals surface area contributed by atoms with Gasteiger partial charge < -0.3 is 5.11 Å². The number of aromatic nitrogens is 1. The van der Waals surface area contributed by atoms with Crippen LogP contribution in [-0.2, 0) is 10.0 Å². The van der Waals surface area contributed by atoms with Gasteiger partial charge in [-0.15, -0.1) is 11.3 Å². The van der Waals surface area contributed by atoms with Gasteiger partial charge in [0.1, 0.15) is 0 Å². The number of hydrogen-bond acceptors (Lipinski definition) is 5. The summed E-state index contributed by atoms with van der Waals surface area (Å²) in [5.74, 6) is 0. The lowest BCUT2D eigenvalue weighted by molar-refractivity contribution is 0.142. The van der Waals surface area contributed by atoms with Crippen molar-refractivity contribution in [2.75, 3.05) is 6.61 Å². The van der Waals surface area contributed by atoms with Gasteiger partial charge in [0, 0.05) is 0 Å². The van der Waals surface area contributed by atoms with E-state index < -0.39 is 15.6 Å². The fourth-order valence-electron chi connectivity index (χ4n) is 2.32. The van der Waals surface area contributed by atoms with E-state index in [0.29, 0.717) is 12.8 Å². The van der Waals surface area contributed by atoms with Gasteiger partial charge in [-0.1, -0.05) is 19.3 Å². The molecule has 0 spiro atoms. The maximum absolute atomic E-state index is 12.2. The second kappa shape index (κ2) is 5.24. The molecule has 1 heterocycles. The molecule has 1 aromatic heterocycles. The van der Waals surface area contributed by atoms with E-state index in [1.54, 1.807) is 6.92 Å². The van der Waals surface area contributed by atoms with Crippen LogP contribution in [0, 0.1) is 6.92 Å². The number of rotatable bonds is 4. The summed E-state index contributed by atoms with van der Waals surface area (Å²) in [6, 6.07) is 0. The Morgan fingerprint density at radius 3 is 2.61 bits per heavy atom. The normalized spacial score (nSPS) is 19.9. The maximum atomic E-state index is 12.2. The van der Waals surface area contributed by atoms with Gasteiger partial charge in [-0.3, -0.25) is 0 Å². The van der Waals surface area contributed by atoms with Crippen molar-refractivity contribution < 1.29 is 13.5 Å². The Balaban J connectivity index is 2.21. The predicted molar refractivity (Wildman–Crippen MR) is 70.1 cm³/mol. The van der Waals surface area contributed by atoms with Crippen LogP contribution in [0.4, 0.5) is 0 Å². The first kappa shape index (κ1) is 13.9. The molecule has 1 aliphatic carbocycles. The summed E-state index contributed by atoms with van der Waals surface area (Å²) in [7, 11) is -3.56. The van der Waals surface area contributed by atoms with Gasteiger partial charge in [-0.05, 0) is 19.8 Å². The summed E-state index contributed by atoms with van der Waals surface area (Å²) < 4.78 is 27.4. The second-order valence-corrected chi connectivity index (χ2v) is 7.95. The number of aliphatic hydroxyl groups is 1. The molecule has 0 saturated heterocycles. The summed E-state index contributed by atoms with van der Waals surface area (Å²) >= 11 is 1.15. The molecule has 0 aliphatic heterocycles. The fraction of sp³-hybridized carbons (Fsp3) is 0.727. The smallest absolute Gasteiger partial charge is 0.252 e. The number of nitrogens with one attached hydrogen (secondary N) is 1. The Hall–Kier alpha value is -0.500. The second-order valence-electron chi connectivity index (χ2n) is 4.80. The van der Waals surface area contributed by atoms with Crippen LogP contribution in [0.25, 0.3) is 0 Å². The molecule has 18 heavy (non-hydrogen) atoms. The Morgan fingerprint density at radius 1 is 1.44 bits per heavy atom. The average molecular weight is 290 g/mol. The molecule has 0 radical (unpaired) electrons. The van der Waals surface area contributed by atoms with Crippen LogP contribution in [0.15, 0.2) is 10.4 Å². The van der Waals surface area contributed by atoms with E-state index in [9.17, 15) is 13.5 Å². The summed E-state index contributed by atoms with van der Waals surface area (Å²) in [6.07, 6.45) is 5.76. The van der Waals surface area contributed by atoms with Crippen molar-refractivity contribution in [3.05, 3.63) is 11.2 Å². The van der Waals surface area contributed by atoms with Crippen LogP contribution in [0.5, 0.6) is 0 Å². The van der Waals surface area contributed by atoms with Gasteiger partial charge in [0.05, 0.1) is 23.4 Å². The first-order chi connectivity index (χ1) is 8.47. The number of hydrogen-bond donors (Lipinski definition) is 2. The molecular weight excluding hydrogens is 272 g/mol. The lowest BCUT2D eigenvalue weighted by Crippen LogP contribution is -2.52. The van der Waals surface area contributed by atoms with Gasteiger partial charge in [0.25, 0.3) is 10.0 Å². The summed E-state index contributed by atoms with van der Waals surface area (Å²) in [5, 5.41) is 10.2. The van der Waals surface area contributed by atoms with Crippen LogP contribution in [-0.4, -0.2) is 30.7 Å². The zero-order valence-corrected chi connectivity index (χ0v) is 12.0. The molecule has 0 unspecified atom stereocenters. The number of nitrogens with zero attached hydrogens (tertiary/aromatic N) is 1. The van der Waals surface area contributed by atoms with Crippen LogP contribution in [0.2, 0.25) is 0 Å². The Kier molecular flexibility index (Phi) is 4.05.